The van der Waals surface area contributed by atoms with Crippen molar-refractivity contribution in [3.8, 4) is 5.75 Å². The van der Waals surface area contributed by atoms with E-state index < -0.39 is 0 Å². The van der Waals surface area contributed by atoms with Gasteiger partial charge in [0.1, 0.15) is 17.7 Å². The summed E-state index contributed by atoms with van der Waals surface area (Å²) < 4.78 is 5.96. The second-order valence-electron chi connectivity index (χ2n) is 7.29. The number of guanidine groups is 1. The molecule has 6 nitrogen and oxygen atoms in total. The molecule has 6 heteroatoms. The zero-order valence-corrected chi connectivity index (χ0v) is 17.1. The normalized spacial score (nSPS) is 16.5. The molecule has 0 radical (unpaired) electrons. The van der Waals surface area contributed by atoms with Crippen molar-refractivity contribution in [1.82, 2.24) is 15.6 Å². The molecule has 3 rings (SSSR count). The first-order valence-electron chi connectivity index (χ1n) is 10.0. The lowest BCUT2D eigenvalue weighted by Gasteiger charge is -2.33. The maximum absolute atomic E-state index is 5.96. The zero-order valence-electron chi connectivity index (χ0n) is 17.1. The van der Waals surface area contributed by atoms with Crippen LogP contribution in [0.5, 0.6) is 5.75 Å². The molecule has 1 aromatic heterocycles. The van der Waals surface area contributed by atoms with E-state index in [0.717, 1.165) is 43.5 Å². The molecule has 0 saturated carbocycles. The van der Waals surface area contributed by atoms with E-state index in [2.05, 4.69) is 57.6 Å². The van der Waals surface area contributed by atoms with E-state index in [-0.39, 0.29) is 6.10 Å². The number of piperidine rings is 1. The average Bonchev–Trinajstić information content (AvgIpc) is 2.74. The van der Waals surface area contributed by atoms with Crippen molar-refractivity contribution in [2.24, 2.45) is 4.99 Å². The Morgan fingerprint density at radius 1 is 1.21 bits per heavy atom. The molecule has 2 heterocycles. The van der Waals surface area contributed by atoms with Crippen LogP contribution in [0.3, 0.4) is 0 Å². The van der Waals surface area contributed by atoms with Gasteiger partial charge in [0, 0.05) is 32.4 Å². The van der Waals surface area contributed by atoms with Crippen LogP contribution in [0.4, 0.5) is 5.82 Å². The van der Waals surface area contributed by atoms with E-state index in [9.17, 15) is 0 Å². The number of hydrogen-bond donors (Lipinski definition) is 2. The number of benzene rings is 1. The second-order valence-corrected chi connectivity index (χ2v) is 7.29. The summed E-state index contributed by atoms with van der Waals surface area (Å²) in [5.74, 6) is 2.78. The molecule has 0 bridgehead atoms. The molecule has 1 aliphatic heterocycles. The minimum atomic E-state index is 0.0484. The van der Waals surface area contributed by atoms with Crippen LogP contribution in [-0.2, 0) is 0 Å². The summed E-state index contributed by atoms with van der Waals surface area (Å²) in [5.41, 5.74) is 1.23. The van der Waals surface area contributed by atoms with E-state index >= 15 is 0 Å². The minimum absolute atomic E-state index is 0.0484. The Morgan fingerprint density at radius 2 is 1.96 bits per heavy atom. The van der Waals surface area contributed by atoms with E-state index in [4.69, 9.17) is 4.74 Å². The van der Waals surface area contributed by atoms with Gasteiger partial charge in [-0.05, 0) is 51.0 Å². The molecule has 1 fully saturated rings. The summed E-state index contributed by atoms with van der Waals surface area (Å²) in [7, 11) is 1.81. The van der Waals surface area contributed by atoms with Gasteiger partial charge in [-0.2, -0.15) is 0 Å². The smallest absolute Gasteiger partial charge is 0.191 e. The van der Waals surface area contributed by atoms with Crippen molar-refractivity contribution in [1.29, 1.82) is 0 Å². The first-order chi connectivity index (χ1) is 13.6. The third-order valence-corrected chi connectivity index (χ3v) is 4.95. The first-order valence-corrected chi connectivity index (χ1v) is 10.0. The molecule has 1 atom stereocenters. The molecule has 1 aliphatic rings. The van der Waals surface area contributed by atoms with E-state index in [0.29, 0.717) is 12.6 Å². The Hall–Kier alpha value is -2.76. The van der Waals surface area contributed by atoms with Crippen molar-refractivity contribution in [2.75, 3.05) is 31.6 Å². The number of rotatable bonds is 6. The number of aliphatic imine (C=N–C) groups is 1. The van der Waals surface area contributed by atoms with Crippen LogP contribution >= 0.6 is 0 Å². The molecular formula is C22H31N5O. The molecule has 1 unspecified atom stereocenters. The molecule has 2 N–H and O–H groups in total. The van der Waals surface area contributed by atoms with Crippen molar-refractivity contribution < 1.29 is 4.74 Å². The van der Waals surface area contributed by atoms with E-state index in [1.807, 2.05) is 37.5 Å². The number of pyridine rings is 1. The quantitative estimate of drug-likeness (QED) is 0.595. The Labute approximate surface area is 168 Å². The highest BCUT2D eigenvalue weighted by Crippen LogP contribution is 2.17. The molecule has 0 aliphatic carbocycles. The molecule has 150 valence electrons. The molecule has 2 aromatic rings. The van der Waals surface area contributed by atoms with Gasteiger partial charge < -0.3 is 20.3 Å². The molecule has 0 amide bonds. The van der Waals surface area contributed by atoms with Gasteiger partial charge >= 0.3 is 0 Å². The van der Waals surface area contributed by atoms with Gasteiger partial charge in [-0.25, -0.2) is 4.98 Å². The van der Waals surface area contributed by atoms with Gasteiger partial charge in [0.25, 0.3) is 0 Å². The number of ether oxygens (including phenoxy) is 1. The Bertz CT molecular complexity index is 739. The van der Waals surface area contributed by atoms with Gasteiger partial charge in [-0.1, -0.05) is 23.8 Å². The predicted molar refractivity (Wildman–Crippen MR) is 115 cm³/mol. The highest BCUT2D eigenvalue weighted by molar-refractivity contribution is 5.80. The van der Waals surface area contributed by atoms with Crippen LogP contribution in [0.1, 0.15) is 25.3 Å². The summed E-state index contributed by atoms with van der Waals surface area (Å²) in [5, 5.41) is 6.92. The predicted octanol–water partition coefficient (Wildman–Crippen LogP) is 2.99. The number of nitrogens with one attached hydrogen (secondary N) is 2. The first kappa shape index (κ1) is 20.0. The molecule has 0 spiro atoms. The lowest BCUT2D eigenvalue weighted by Crippen LogP contribution is -2.50. The van der Waals surface area contributed by atoms with Gasteiger partial charge in [0.2, 0.25) is 0 Å². The molecule has 1 saturated heterocycles. The number of hydrogen-bond acceptors (Lipinski definition) is 4. The minimum Gasteiger partial charge on any atom is -0.489 e. The van der Waals surface area contributed by atoms with E-state index in [1.54, 1.807) is 0 Å². The molecular weight excluding hydrogens is 350 g/mol. The van der Waals surface area contributed by atoms with Crippen molar-refractivity contribution >= 4 is 11.8 Å². The standard InChI is InChI=1S/C22H31N5O/c1-17-7-9-20(10-8-17)28-18(2)16-25-22(23-3)26-19-11-14-27(15-12-19)21-6-4-5-13-24-21/h4-10,13,18-19H,11-12,14-16H2,1-3H3,(H2,23,25,26). The summed E-state index contributed by atoms with van der Waals surface area (Å²) in [6, 6.07) is 14.6. The lowest BCUT2D eigenvalue weighted by molar-refractivity contribution is 0.223. The maximum atomic E-state index is 5.96. The molecule has 1 aromatic carbocycles. The fourth-order valence-corrected chi connectivity index (χ4v) is 3.31. The number of nitrogens with zero attached hydrogens (tertiary/aromatic N) is 3. The average molecular weight is 382 g/mol. The van der Waals surface area contributed by atoms with E-state index in [1.165, 1.54) is 5.56 Å². The van der Waals surface area contributed by atoms with Crippen LogP contribution < -0.4 is 20.3 Å². The van der Waals surface area contributed by atoms with Gasteiger partial charge in [-0.15, -0.1) is 0 Å². The van der Waals surface area contributed by atoms with Gasteiger partial charge in [0.05, 0.1) is 6.54 Å². The largest absolute Gasteiger partial charge is 0.489 e. The Morgan fingerprint density at radius 3 is 2.61 bits per heavy atom. The fourth-order valence-electron chi connectivity index (χ4n) is 3.31. The number of aromatic nitrogens is 1. The van der Waals surface area contributed by atoms with Crippen molar-refractivity contribution in [3.63, 3.8) is 0 Å². The number of aryl methyl sites for hydroxylation is 1. The highest BCUT2D eigenvalue weighted by atomic mass is 16.5. The van der Waals surface area contributed by atoms with Gasteiger partial charge in [-0.3, -0.25) is 4.99 Å². The van der Waals surface area contributed by atoms with Crippen LogP contribution in [0.2, 0.25) is 0 Å². The SMILES string of the molecule is CN=C(NCC(C)Oc1ccc(C)cc1)NC1CCN(c2ccccn2)CC1. The molecule has 28 heavy (non-hydrogen) atoms. The van der Waals surface area contributed by atoms with Crippen LogP contribution in [0.15, 0.2) is 53.7 Å². The topological polar surface area (TPSA) is 61.8 Å². The summed E-state index contributed by atoms with van der Waals surface area (Å²) in [6.45, 7) is 6.83. The van der Waals surface area contributed by atoms with Gasteiger partial charge in [0.15, 0.2) is 5.96 Å². The number of anilines is 1. The van der Waals surface area contributed by atoms with Crippen LogP contribution in [0.25, 0.3) is 0 Å². The fraction of sp³-hybridized carbons (Fsp3) is 0.455. The van der Waals surface area contributed by atoms with Crippen LogP contribution in [0, 0.1) is 6.92 Å². The van der Waals surface area contributed by atoms with Crippen LogP contribution in [-0.4, -0.2) is 49.8 Å². The van der Waals surface area contributed by atoms with Crippen molar-refractivity contribution in [2.45, 2.75) is 38.8 Å². The highest BCUT2D eigenvalue weighted by Gasteiger charge is 2.20. The third-order valence-electron chi connectivity index (χ3n) is 4.95. The zero-order chi connectivity index (χ0) is 19.8. The third kappa shape index (κ3) is 5.87. The lowest BCUT2D eigenvalue weighted by atomic mass is 10.1. The summed E-state index contributed by atoms with van der Waals surface area (Å²) in [4.78, 5) is 11.2. The maximum Gasteiger partial charge on any atom is 0.191 e. The summed E-state index contributed by atoms with van der Waals surface area (Å²) in [6.07, 6.45) is 4.03. The monoisotopic (exact) mass is 381 g/mol. The Balaban J connectivity index is 1.40. The summed E-state index contributed by atoms with van der Waals surface area (Å²) >= 11 is 0. The van der Waals surface area contributed by atoms with Crippen molar-refractivity contribution in [3.05, 3.63) is 54.2 Å². The Kier molecular flexibility index (Phi) is 7.12. The second kappa shape index (κ2) is 9.97.